The number of halogens is 1. The Morgan fingerprint density at radius 1 is 1.11 bits per heavy atom. The van der Waals surface area contributed by atoms with E-state index >= 15 is 0 Å². The van der Waals surface area contributed by atoms with Gasteiger partial charge >= 0.3 is 0 Å². The van der Waals surface area contributed by atoms with Gasteiger partial charge in [0, 0.05) is 17.8 Å². The Kier molecular flexibility index (Phi) is 5.12. The molecule has 1 N–H and O–H groups in total. The SMILES string of the molecule is O=C(Nc1cccc(F)c1)c1nnc([C@H]2CCCN2C(=O)c2ccccc2)s1. The molecular formula is C20H17FN4O2S. The summed E-state index contributed by atoms with van der Waals surface area (Å²) >= 11 is 1.16. The molecule has 2 amide bonds. The molecule has 0 aliphatic carbocycles. The molecule has 1 atom stereocenters. The van der Waals surface area contributed by atoms with Gasteiger partial charge in [-0.15, -0.1) is 10.2 Å². The van der Waals surface area contributed by atoms with Crippen LogP contribution in [-0.4, -0.2) is 33.5 Å². The average Bonchev–Trinajstić information content (AvgIpc) is 3.37. The van der Waals surface area contributed by atoms with Gasteiger partial charge in [-0.2, -0.15) is 0 Å². The van der Waals surface area contributed by atoms with E-state index in [0.29, 0.717) is 22.8 Å². The number of benzene rings is 2. The van der Waals surface area contributed by atoms with Crippen LogP contribution in [0.15, 0.2) is 54.6 Å². The van der Waals surface area contributed by atoms with Crippen LogP contribution < -0.4 is 5.32 Å². The quantitative estimate of drug-likeness (QED) is 0.726. The monoisotopic (exact) mass is 396 g/mol. The second kappa shape index (κ2) is 7.85. The normalized spacial score (nSPS) is 16.2. The summed E-state index contributed by atoms with van der Waals surface area (Å²) in [5.74, 6) is -0.936. The predicted molar refractivity (Wildman–Crippen MR) is 104 cm³/mol. The fourth-order valence-corrected chi connectivity index (χ4v) is 4.11. The summed E-state index contributed by atoms with van der Waals surface area (Å²) in [6.07, 6.45) is 1.65. The van der Waals surface area contributed by atoms with Gasteiger partial charge in [0.05, 0.1) is 6.04 Å². The van der Waals surface area contributed by atoms with Crippen molar-refractivity contribution in [1.29, 1.82) is 0 Å². The summed E-state index contributed by atoms with van der Waals surface area (Å²) in [6.45, 7) is 0.642. The van der Waals surface area contributed by atoms with Crippen LogP contribution in [0.4, 0.5) is 10.1 Å². The molecule has 1 saturated heterocycles. The van der Waals surface area contributed by atoms with Gasteiger partial charge in [0.1, 0.15) is 10.8 Å². The third kappa shape index (κ3) is 3.77. The highest BCUT2D eigenvalue weighted by Gasteiger charge is 2.33. The first-order valence-electron chi connectivity index (χ1n) is 8.88. The van der Waals surface area contributed by atoms with E-state index in [4.69, 9.17) is 0 Å². The molecule has 8 heteroatoms. The summed E-state index contributed by atoms with van der Waals surface area (Å²) in [4.78, 5) is 27.0. The molecule has 0 bridgehead atoms. The van der Waals surface area contributed by atoms with E-state index in [1.807, 2.05) is 18.2 Å². The highest BCUT2D eigenvalue weighted by molar-refractivity contribution is 7.13. The molecule has 0 unspecified atom stereocenters. The molecule has 1 aliphatic rings. The number of hydrogen-bond donors (Lipinski definition) is 1. The van der Waals surface area contributed by atoms with Crippen LogP contribution in [0.5, 0.6) is 0 Å². The van der Waals surface area contributed by atoms with Crippen LogP contribution in [0.2, 0.25) is 0 Å². The summed E-state index contributed by atoms with van der Waals surface area (Å²) < 4.78 is 13.3. The van der Waals surface area contributed by atoms with E-state index in [-0.39, 0.29) is 17.0 Å². The van der Waals surface area contributed by atoms with Gasteiger partial charge in [0.25, 0.3) is 11.8 Å². The highest BCUT2D eigenvalue weighted by atomic mass is 32.1. The summed E-state index contributed by atoms with van der Waals surface area (Å²) in [6, 6.07) is 14.6. The van der Waals surface area contributed by atoms with E-state index in [2.05, 4.69) is 15.5 Å². The average molecular weight is 396 g/mol. The van der Waals surface area contributed by atoms with Crippen LogP contribution in [-0.2, 0) is 0 Å². The van der Waals surface area contributed by atoms with Crippen molar-refractivity contribution >= 4 is 28.8 Å². The lowest BCUT2D eigenvalue weighted by molar-refractivity contribution is 0.0735. The van der Waals surface area contributed by atoms with Crippen molar-refractivity contribution in [2.45, 2.75) is 18.9 Å². The minimum Gasteiger partial charge on any atom is -0.329 e. The first kappa shape index (κ1) is 18.2. The molecule has 0 spiro atoms. The maximum absolute atomic E-state index is 13.3. The molecule has 6 nitrogen and oxygen atoms in total. The van der Waals surface area contributed by atoms with Crippen molar-refractivity contribution in [2.24, 2.45) is 0 Å². The lowest BCUT2D eigenvalue weighted by Crippen LogP contribution is -2.30. The van der Waals surface area contributed by atoms with Crippen molar-refractivity contribution in [3.63, 3.8) is 0 Å². The lowest BCUT2D eigenvalue weighted by atomic mass is 10.2. The molecule has 1 aliphatic heterocycles. The third-order valence-corrected chi connectivity index (χ3v) is 5.56. The second-order valence-corrected chi connectivity index (χ2v) is 7.44. The van der Waals surface area contributed by atoms with E-state index < -0.39 is 11.7 Å². The zero-order valence-electron chi connectivity index (χ0n) is 14.8. The Morgan fingerprint density at radius 2 is 1.93 bits per heavy atom. The number of aromatic nitrogens is 2. The van der Waals surface area contributed by atoms with Crippen molar-refractivity contribution in [3.8, 4) is 0 Å². The van der Waals surface area contributed by atoms with E-state index in [1.165, 1.54) is 18.2 Å². The fraction of sp³-hybridized carbons (Fsp3) is 0.200. The number of rotatable bonds is 4. The Balaban J connectivity index is 1.50. The van der Waals surface area contributed by atoms with Crippen LogP contribution in [0, 0.1) is 5.82 Å². The number of anilines is 1. The van der Waals surface area contributed by atoms with Crippen molar-refractivity contribution in [3.05, 3.63) is 76.0 Å². The van der Waals surface area contributed by atoms with E-state index in [1.54, 1.807) is 23.1 Å². The maximum Gasteiger partial charge on any atom is 0.286 e. The number of carbonyl (C=O) groups excluding carboxylic acids is 2. The zero-order valence-corrected chi connectivity index (χ0v) is 15.7. The molecule has 4 rings (SSSR count). The van der Waals surface area contributed by atoms with Gasteiger partial charge < -0.3 is 10.2 Å². The fourth-order valence-electron chi connectivity index (χ4n) is 3.22. The van der Waals surface area contributed by atoms with Crippen LogP contribution >= 0.6 is 11.3 Å². The molecule has 2 aromatic carbocycles. The molecule has 28 heavy (non-hydrogen) atoms. The molecule has 1 fully saturated rings. The van der Waals surface area contributed by atoms with Crippen LogP contribution in [0.1, 0.15) is 44.1 Å². The second-order valence-electron chi connectivity index (χ2n) is 6.43. The number of carbonyl (C=O) groups is 2. The smallest absolute Gasteiger partial charge is 0.286 e. The van der Waals surface area contributed by atoms with E-state index in [9.17, 15) is 14.0 Å². The van der Waals surface area contributed by atoms with Gasteiger partial charge in [-0.3, -0.25) is 9.59 Å². The molecule has 142 valence electrons. The lowest BCUT2D eigenvalue weighted by Gasteiger charge is -2.22. The Labute approximate surface area is 165 Å². The topological polar surface area (TPSA) is 75.2 Å². The van der Waals surface area contributed by atoms with E-state index in [0.717, 1.165) is 24.2 Å². The Bertz CT molecular complexity index is 1010. The predicted octanol–water partition coefficient (Wildman–Crippen LogP) is 3.91. The number of amides is 2. The minimum absolute atomic E-state index is 0.0518. The van der Waals surface area contributed by atoms with Crippen LogP contribution in [0.25, 0.3) is 0 Å². The minimum atomic E-state index is -0.451. The summed E-state index contributed by atoms with van der Waals surface area (Å²) in [5, 5.41) is 11.5. The first-order chi connectivity index (χ1) is 13.6. The summed E-state index contributed by atoms with van der Waals surface area (Å²) in [5.41, 5.74) is 0.978. The standard InChI is InChI=1S/C20H17FN4O2S/c21-14-8-4-9-15(12-14)22-17(26)19-24-23-18(28-19)16-10-5-11-25(16)20(27)13-6-2-1-3-7-13/h1-4,6-9,12,16H,5,10-11H2,(H,22,26)/t16-/m1/s1. The molecule has 0 saturated carbocycles. The first-order valence-corrected chi connectivity index (χ1v) is 9.70. The number of nitrogens with zero attached hydrogens (tertiary/aromatic N) is 3. The third-order valence-electron chi connectivity index (χ3n) is 4.54. The van der Waals surface area contributed by atoms with Gasteiger partial charge in [-0.25, -0.2) is 4.39 Å². The van der Waals surface area contributed by atoms with Gasteiger partial charge in [-0.05, 0) is 43.2 Å². The zero-order chi connectivity index (χ0) is 19.5. The molecule has 0 radical (unpaired) electrons. The maximum atomic E-state index is 13.3. The summed E-state index contributed by atoms with van der Waals surface area (Å²) in [7, 11) is 0. The molecule has 3 aromatic rings. The Morgan fingerprint density at radius 3 is 2.71 bits per heavy atom. The van der Waals surface area contributed by atoms with Crippen molar-refractivity contribution in [2.75, 3.05) is 11.9 Å². The number of nitrogens with one attached hydrogen (secondary N) is 1. The molecule has 2 heterocycles. The van der Waals surface area contributed by atoms with Crippen molar-refractivity contribution < 1.29 is 14.0 Å². The van der Waals surface area contributed by atoms with Gasteiger partial charge in [-0.1, -0.05) is 35.6 Å². The van der Waals surface area contributed by atoms with Crippen molar-refractivity contribution in [1.82, 2.24) is 15.1 Å². The molecule has 1 aromatic heterocycles. The largest absolute Gasteiger partial charge is 0.329 e. The highest BCUT2D eigenvalue weighted by Crippen LogP contribution is 2.34. The van der Waals surface area contributed by atoms with Gasteiger partial charge in [0.15, 0.2) is 0 Å². The number of likely N-dealkylation sites (tertiary alicyclic amines) is 1. The Hall–Kier alpha value is -3.13. The molecular weight excluding hydrogens is 379 g/mol. The van der Waals surface area contributed by atoms with Gasteiger partial charge in [0.2, 0.25) is 5.01 Å². The number of hydrogen-bond acceptors (Lipinski definition) is 5. The van der Waals surface area contributed by atoms with Crippen LogP contribution in [0.3, 0.4) is 0 Å².